The maximum absolute atomic E-state index is 11.8. The van der Waals surface area contributed by atoms with Gasteiger partial charge in [-0.3, -0.25) is 4.79 Å². The van der Waals surface area contributed by atoms with Crippen LogP contribution in [0.5, 0.6) is 5.75 Å². The molecule has 0 saturated heterocycles. The summed E-state index contributed by atoms with van der Waals surface area (Å²) in [5.41, 5.74) is 6.86. The van der Waals surface area contributed by atoms with Crippen molar-refractivity contribution < 1.29 is 9.53 Å². The van der Waals surface area contributed by atoms with E-state index in [1.165, 1.54) is 7.11 Å². The Balaban J connectivity index is 1.95. The van der Waals surface area contributed by atoms with Gasteiger partial charge in [0.25, 0.3) is 0 Å². The minimum absolute atomic E-state index is 0.0863. The van der Waals surface area contributed by atoms with E-state index in [9.17, 15) is 4.79 Å². The predicted molar refractivity (Wildman–Crippen MR) is 72.9 cm³/mol. The van der Waals surface area contributed by atoms with Gasteiger partial charge in [-0.15, -0.1) is 0 Å². The van der Waals surface area contributed by atoms with Crippen molar-refractivity contribution in [3.8, 4) is 5.75 Å². The lowest BCUT2D eigenvalue weighted by atomic mass is 10.2. The van der Waals surface area contributed by atoms with Crippen LogP contribution in [-0.2, 0) is 11.3 Å². The molecule has 1 aromatic heterocycles. The highest BCUT2D eigenvalue weighted by molar-refractivity contribution is 5.92. The molecule has 0 spiro atoms. The molecule has 2 rings (SSSR count). The third-order valence-electron chi connectivity index (χ3n) is 2.66. The Hall–Kier alpha value is -2.50. The van der Waals surface area contributed by atoms with Crippen molar-refractivity contribution in [2.24, 2.45) is 0 Å². The molecule has 0 bridgehead atoms. The second kappa shape index (κ2) is 5.90. The minimum atomic E-state index is -0.0863. The van der Waals surface area contributed by atoms with Crippen molar-refractivity contribution in [2.75, 3.05) is 18.2 Å². The number of nitrogens with two attached hydrogens (primary N) is 1. The van der Waals surface area contributed by atoms with Crippen LogP contribution in [0.4, 0.5) is 11.4 Å². The average molecular weight is 260 g/mol. The molecule has 6 heteroatoms. The summed E-state index contributed by atoms with van der Waals surface area (Å²) in [5.74, 6) is 0.466. The maximum atomic E-state index is 11.8. The Morgan fingerprint density at radius 2 is 2.37 bits per heavy atom. The minimum Gasteiger partial charge on any atom is -0.494 e. The lowest BCUT2D eigenvalue weighted by molar-refractivity contribution is -0.116. The number of carbonyl (C=O) groups excluding carboxylic acids is 1. The number of nitrogen functional groups attached to an aromatic ring is 1. The van der Waals surface area contributed by atoms with Gasteiger partial charge >= 0.3 is 0 Å². The molecular formula is C13H16N4O2. The third-order valence-corrected chi connectivity index (χ3v) is 2.66. The first-order valence-corrected chi connectivity index (χ1v) is 5.88. The molecule has 0 radical (unpaired) electrons. The number of ether oxygens (including phenoxy) is 1. The van der Waals surface area contributed by atoms with E-state index in [1.807, 2.05) is 10.8 Å². The van der Waals surface area contributed by atoms with Gasteiger partial charge in [0.05, 0.1) is 19.1 Å². The fourth-order valence-corrected chi connectivity index (χ4v) is 1.67. The molecule has 1 amide bonds. The van der Waals surface area contributed by atoms with Gasteiger partial charge in [-0.25, -0.2) is 4.98 Å². The van der Waals surface area contributed by atoms with Gasteiger partial charge < -0.3 is 20.4 Å². The number of carbonyl (C=O) groups is 1. The van der Waals surface area contributed by atoms with Gasteiger partial charge in [-0.05, 0) is 12.1 Å². The van der Waals surface area contributed by atoms with E-state index in [0.717, 1.165) is 0 Å². The number of aryl methyl sites for hydroxylation is 1. The van der Waals surface area contributed by atoms with Crippen LogP contribution < -0.4 is 15.8 Å². The van der Waals surface area contributed by atoms with Gasteiger partial charge in [-0.1, -0.05) is 0 Å². The number of aromatic nitrogens is 2. The number of nitrogens with zero attached hydrogens (tertiary/aromatic N) is 2. The molecule has 0 aliphatic heterocycles. The molecule has 0 unspecified atom stereocenters. The van der Waals surface area contributed by atoms with E-state index >= 15 is 0 Å². The van der Waals surface area contributed by atoms with Crippen LogP contribution in [-0.4, -0.2) is 22.6 Å². The average Bonchev–Trinajstić information content (AvgIpc) is 2.91. The third kappa shape index (κ3) is 3.48. The molecule has 2 aromatic rings. The highest BCUT2D eigenvalue weighted by Gasteiger charge is 2.07. The first-order chi connectivity index (χ1) is 9.19. The topological polar surface area (TPSA) is 82.2 Å². The Kier molecular flexibility index (Phi) is 4.02. The number of methoxy groups -OCH3 is 1. The summed E-state index contributed by atoms with van der Waals surface area (Å²) in [6.07, 6.45) is 5.54. The number of hydrogen-bond donors (Lipinski definition) is 2. The zero-order chi connectivity index (χ0) is 13.7. The maximum Gasteiger partial charge on any atom is 0.226 e. The Labute approximate surface area is 111 Å². The molecule has 0 aliphatic rings. The molecule has 19 heavy (non-hydrogen) atoms. The zero-order valence-corrected chi connectivity index (χ0v) is 10.7. The number of rotatable bonds is 5. The van der Waals surface area contributed by atoms with Gasteiger partial charge in [0.1, 0.15) is 5.75 Å². The van der Waals surface area contributed by atoms with Gasteiger partial charge in [-0.2, -0.15) is 0 Å². The second-order valence-electron chi connectivity index (χ2n) is 4.06. The first kappa shape index (κ1) is 12.9. The number of imidazole rings is 1. The summed E-state index contributed by atoms with van der Waals surface area (Å²) in [4.78, 5) is 15.7. The molecule has 100 valence electrons. The van der Waals surface area contributed by atoms with Crippen molar-refractivity contribution in [3.05, 3.63) is 36.9 Å². The number of benzene rings is 1. The number of anilines is 2. The van der Waals surface area contributed by atoms with Crippen LogP contribution >= 0.6 is 0 Å². The molecule has 0 fully saturated rings. The normalized spacial score (nSPS) is 10.2. The number of amides is 1. The molecule has 3 N–H and O–H groups in total. The summed E-state index contributed by atoms with van der Waals surface area (Å²) in [7, 11) is 1.54. The number of hydrogen-bond acceptors (Lipinski definition) is 4. The molecule has 1 heterocycles. The van der Waals surface area contributed by atoms with E-state index in [4.69, 9.17) is 10.5 Å². The quantitative estimate of drug-likeness (QED) is 0.798. The van der Waals surface area contributed by atoms with Crippen LogP contribution in [0.25, 0.3) is 0 Å². The zero-order valence-electron chi connectivity index (χ0n) is 10.7. The van der Waals surface area contributed by atoms with Crippen molar-refractivity contribution in [1.82, 2.24) is 9.55 Å². The Morgan fingerprint density at radius 3 is 3.05 bits per heavy atom. The predicted octanol–water partition coefficient (Wildman–Crippen LogP) is 1.50. The molecule has 0 atom stereocenters. The van der Waals surface area contributed by atoms with Gasteiger partial charge in [0.15, 0.2) is 0 Å². The highest BCUT2D eigenvalue weighted by Crippen LogP contribution is 2.26. The number of nitrogens with one attached hydrogen (secondary N) is 1. The molecular weight excluding hydrogens is 244 g/mol. The molecule has 6 nitrogen and oxygen atoms in total. The van der Waals surface area contributed by atoms with Crippen LogP contribution in [0.15, 0.2) is 36.9 Å². The fraction of sp³-hybridized carbons (Fsp3) is 0.231. The fourth-order valence-electron chi connectivity index (χ4n) is 1.67. The lowest BCUT2D eigenvalue weighted by Crippen LogP contribution is -2.14. The highest BCUT2D eigenvalue weighted by atomic mass is 16.5. The van der Waals surface area contributed by atoms with E-state index < -0.39 is 0 Å². The van der Waals surface area contributed by atoms with Gasteiger partial charge in [0.2, 0.25) is 5.91 Å². The standard InChI is InChI=1S/C13H16N4O2/c1-19-12-8-10(14)2-3-11(12)16-13(18)4-6-17-7-5-15-9-17/h2-3,5,7-9H,4,6,14H2,1H3,(H,16,18). The lowest BCUT2D eigenvalue weighted by Gasteiger charge is -2.10. The van der Waals surface area contributed by atoms with Crippen molar-refractivity contribution in [1.29, 1.82) is 0 Å². The summed E-state index contributed by atoms with van der Waals surface area (Å²) in [6.45, 7) is 0.586. The second-order valence-corrected chi connectivity index (χ2v) is 4.06. The van der Waals surface area contributed by atoms with Crippen LogP contribution in [0.1, 0.15) is 6.42 Å². The summed E-state index contributed by atoms with van der Waals surface area (Å²) in [5, 5.41) is 2.80. The SMILES string of the molecule is COc1cc(N)ccc1NC(=O)CCn1ccnc1. The van der Waals surface area contributed by atoms with Crippen LogP contribution in [0.2, 0.25) is 0 Å². The summed E-state index contributed by atoms with van der Waals surface area (Å²) >= 11 is 0. The summed E-state index contributed by atoms with van der Waals surface area (Å²) < 4.78 is 7.01. The van der Waals surface area contributed by atoms with Crippen LogP contribution in [0.3, 0.4) is 0 Å². The monoisotopic (exact) mass is 260 g/mol. The van der Waals surface area contributed by atoms with Crippen LogP contribution in [0, 0.1) is 0 Å². The van der Waals surface area contributed by atoms with E-state index in [0.29, 0.717) is 30.1 Å². The summed E-state index contributed by atoms with van der Waals surface area (Å²) in [6, 6.07) is 5.11. The Morgan fingerprint density at radius 1 is 1.53 bits per heavy atom. The van der Waals surface area contributed by atoms with E-state index in [2.05, 4.69) is 10.3 Å². The largest absolute Gasteiger partial charge is 0.494 e. The smallest absolute Gasteiger partial charge is 0.226 e. The molecule has 0 aliphatic carbocycles. The van der Waals surface area contributed by atoms with Crippen molar-refractivity contribution in [3.63, 3.8) is 0 Å². The van der Waals surface area contributed by atoms with Crippen molar-refractivity contribution >= 4 is 17.3 Å². The molecule has 1 aromatic carbocycles. The van der Waals surface area contributed by atoms with E-state index in [1.54, 1.807) is 30.7 Å². The molecule has 0 saturated carbocycles. The van der Waals surface area contributed by atoms with Crippen molar-refractivity contribution in [2.45, 2.75) is 13.0 Å². The first-order valence-electron chi connectivity index (χ1n) is 5.88. The van der Waals surface area contributed by atoms with Gasteiger partial charge in [0, 0.05) is 37.1 Å². The Bertz CT molecular complexity index is 552. The van der Waals surface area contributed by atoms with E-state index in [-0.39, 0.29) is 5.91 Å².